The van der Waals surface area contributed by atoms with Gasteiger partial charge in [0.05, 0.1) is 23.1 Å². The monoisotopic (exact) mass is 478 g/mol. The van der Waals surface area contributed by atoms with Crippen LogP contribution in [0.25, 0.3) is 5.69 Å². The molecule has 0 spiro atoms. The minimum Gasteiger partial charge on any atom is -0.322 e. The van der Waals surface area contributed by atoms with Gasteiger partial charge in [0.2, 0.25) is 0 Å². The van der Waals surface area contributed by atoms with Gasteiger partial charge in [0.25, 0.3) is 5.91 Å². The van der Waals surface area contributed by atoms with Crippen molar-refractivity contribution in [3.63, 3.8) is 0 Å². The van der Waals surface area contributed by atoms with E-state index in [4.69, 9.17) is 23.2 Å². The van der Waals surface area contributed by atoms with E-state index in [0.717, 1.165) is 48.4 Å². The zero-order chi connectivity index (χ0) is 21.3. The Morgan fingerprint density at radius 1 is 1.06 bits per heavy atom. The maximum absolute atomic E-state index is 13.2. The molecule has 0 unspecified atom stereocenters. The number of anilines is 1. The van der Waals surface area contributed by atoms with E-state index in [1.807, 2.05) is 48.9 Å². The number of aromatic nitrogens is 2. The summed E-state index contributed by atoms with van der Waals surface area (Å²) in [4.78, 5) is 13.2. The quantitative estimate of drug-likeness (QED) is 0.487. The summed E-state index contributed by atoms with van der Waals surface area (Å²) in [5.41, 5.74) is 5.00. The molecule has 0 atom stereocenters. The minimum atomic E-state index is -0.187. The SMILES string of the molecule is Cc1ccc(NC(=O)c2cnn(-c3ccc(C)c(Cl)c3)c2C2CCNCC2)cc1Cl.Cl. The molecule has 3 aromatic rings. The Morgan fingerprint density at radius 3 is 2.35 bits per heavy atom. The van der Waals surface area contributed by atoms with Crippen molar-refractivity contribution in [1.29, 1.82) is 0 Å². The number of halogens is 3. The van der Waals surface area contributed by atoms with Crippen molar-refractivity contribution in [3.8, 4) is 5.69 Å². The summed E-state index contributed by atoms with van der Waals surface area (Å²) < 4.78 is 1.86. The normalized spacial score (nSPS) is 14.2. The van der Waals surface area contributed by atoms with Gasteiger partial charge in [-0.3, -0.25) is 4.79 Å². The summed E-state index contributed by atoms with van der Waals surface area (Å²) in [6.45, 7) is 5.73. The van der Waals surface area contributed by atoms with Crippen LogP contribution in [0, 0.1) is 13.8 Å². The van der Waals surface area contributed by atoms with E-state index in [9.17, 15) is 4.79 Å². The van der Waals surface area contributed by atoms with Crippen LogP contribution in [-0.4, -0.2) is 28.8 Å². The van der Waals surface area contributed by atoms with Crippen LogP contribution in [0.2, 0.25) is 10.0 Å². The van der Waals surface area contributed by atoms with Crippen molar-refractivity contribution in [3.05, 3.63) is 75.0 Å². The van der Waals surface area contributed by atoms with Crippen LogP contribution in [0.4, 0.5) is 5.69 Å². The summed E-state index contributed by atoms with van der Waals surface area (Å²) in [7, 11) is 0. The average molecular weight is 480 g/mol. The van der Waals surface area contributed by atoms with Gasteiger partial charge in [-0.05, 0) is 75.2 Å². The number of nitrogens with one attached hydrogen (secondary N) is 2. The maximum Gasteiger partial charge on any atom is 0.259 e. The van der Waals surface area contributed by atoms with E-state index in [2.05, 4.69) is 15.7 Å². The standard InChI is InChI=1S/C23H24Cl2N4O.ClH/c1-14-3-5-17(11-20(14)24)28-23(30)19-13-27-29(18-6-4-15(2)21(25)12-18)22(19)16-7-9-26-10-8-16;/h3-6,11-13,16,26H,7-10H2,1-2H3,(H,28,30);1H. The second-order valence-corrected chi connectivity index (χ2v) is 8.55. The topological polar surface area (TPSA) is 59.0 Å². The van der Waals surface area contributed by atoms with Crippen molar-refractivity contribution >= 4 is 47.2 Å². The number of rotatable bonds is 4. The molecule has 4 rings (SSSR count). The molecule has 0 aliphatic carbocycles. The van der Waals surface area contributed by atoms with Gasteiger partial charge in [0.1, 0.15) is 0 Å². The third-order valence-electron chi connectivity index (χ3n) is 5.61. The van der Waals surface area contributed by atoms with Gasteiger partial charge in [-0.2, -0.15) is 5.10 Å². The zero-order valence-corrected chi connectivity index (χ0v) is 19.7. The van der Waals surface area contributed by atoms with E-state index in [1.54, 1.807) is 12.3 Å². The number of piperidine rings is 1. The summed E-state index contributed by atoms with van der Waals surface area (Å²) >= 11 is 12.6. The second kappa shape index (κ2) is 10.0. The highest BCUT2D eigenvalue weighted by Gasteiger charge is 2.27. The fourth-order valence-electron chi connectivity index (χ4n) is 3.81. The fourth-order valence-corrected chi connectivity index (χ4v) is 4.16. The first kappa shape index (κ1) is 23.6. The maximum atomic E-state index is 13.2. The van der Waals surface area contributed by atoms with Crippen LogP contribution in [0.5, 0.6) is 0 Å². The highest BCUT2D eigenvalue weighted by Crippen LogP contribution is 2.32. The molecule has 1 saturated heterocycles. The first-order chi connectivity index (χ1) is 14.4. The molecule has 2 heterocycles. The third-order valence-corrected chi connectivity index (χ3v) is 6.42. The number of aryl methyl sites for hydroxylation is 2. The molecule has 1 aromatic heterocycles. The molecular formula is C23H25Cl3N4O. The smallest absolute Gasteiger partial charge is 0.259 e. The number of amides is 1. The van der Waals surface area contributed by atoms with Crippen LogP contribution < -0.4 is 10.6 Å². The van der Waals surface area contributed by atoms with Crippen LogP contribution >= 0.6 is 35.6 Å². The minimum absolute atomic E-state index is 0. The molecule has 8 heteroatoms. The first-order valence-electron chi connectivity index (χ1n) is 10.1. The molecule has 1 aliphatic rings. The molecule has 1 fully saturated rings. The molecule has 164 valence electrons. The van der Waals surface area contributed by atoms with Gasteiger partial charge < -0.3 is 10.6 Å². The van der Waals surface area contributed by atoms with Crippen LogP contribution in [-0.2, 0) is 0 Å². The number of hydrogen-bond acceptors (Lipinski definition) is 3. The predicted octanol–water partition coefficient (Wildman–Crippen LogP) is 5.94. The summed E-state index contributed by atoms with van der Waals surface area (Å²) in [5.74, 6) is 0.0455. The molecule has 1 aliphatic heterocycles. The number of carbonyl (C=O) groups is 1. The molecule has 5 nitrogen and oxygen atoms in total. The summed E-state index contributed by atoms with van der Waals surface area (Å²) in [5, 5.41) is 12.2. The fraction of sp³-hybridized carbons (Fsp3) is 0.304. The predicted molar refractivity (Wildman–Crippen MR) is 130 cm³/mol. The zero-order valence-electron chi connectivity index (χ0n) is 17.4. The third kappa shape index (κ3) is 5.07. The molecule has 2 N–H and O–H groups in total. The Labute approximate surface area is 198 Å². The van der Waals surface area contributed by atoms with E-state index in [-0.39, 0.29) is 24.2 Å². The first-order valence-corrected chi connectivity index (χ1v) is 10.8. The van der Waals surface area contributed by atoms with Crippen molar-refractivity contribution in [2.45, 2.75) is 32.6 Å². The molecule has 0 saturated carbocycles. The van der Waals surface area contributed by atoms with Gasteiger partial charge in [-0.1, -0.05) is 35.3 Å². The van der Waals surface area contributed by atoms with Gasteiger partial charge >= 0.3 is 0 Å². The van der Waals surface area contributed by atoms with Gasteiger partial charge in [-0.15, -0.1) is 12.4 Å². The average Bonchev–Trinajstić information content (AvgIpc) is 3.19. The van der Waals surface area contributed by atoms with Gasteiger partial charge in [0.15, 0.2) is 0 Å². The molecule has 0 radical (unpaired) electrons. The van der Waals surface area contributed by atoms with Crippen molar-refractivity contribution in [2.75, 3.05) is 18.4 Å². The lowest BCUT2D eigenvalue weighted by molar-refractivity contribution is 0.102. The Bertz CT molecular complexity index is 1090. The Balaban J connectivity index is 0.00000272. The Kier molecular flexibility index (Phi) is 7.65. The van der Waals surface area contributed by atoms with Gasteiger partial charge in [-0.25, -0.2) is 4.68 Å². The van der Waals surface area contributed by atoms with E-state index in [1.165, 1.54) is 0 Å². The second-order valence-electron chi connectivity index (χ2n) is 7.73. The Morgan fingerprint density at radius 2 is 1.71 bits per heavy atom. The largest absolute Gasteiger partial charge is 0.322 e. The van der Waals surface area contributed by atoms with Crippen LogP contribution in [0.1, 0.15) is 45.9 Å². The summed E-state index contributed by atoms with van der Waals surface area (Å²) in [6, 6.07) is 11.4. The van der Waals surface area contributed by atoms with Gasteiger partial charge in [0, 0.05) is 21.7 Å². The van der Waals surface area contributed by atoms with Crippen molar-refractivity contribution in [2.24, 2.45) is 0 Å². The highest BCUT2D eigenvalue weighted by atomic mass is 35.5. The number of benzene rings is 2. The number of carbonyl (C=O) groups excluding carboxylic acids is 1. The van der Waals surface area contributed by atoms with Crippen LogP contribution in [0.3, 0.4) is 0 Å². The van der Waals surface area contributed by atoms with E-state index in [0.29, 0.717) is 21.3 Å². The number of nitrogens with zero attached hydrogens (tertiary/aromatic N) is 2. The lowest BCUT2D eigenvalue weighted by Crippen LogP contribution is -2.29. The van der Waals surface area contributed by atoms with Crippen molar-refractivity contribution in [1.82, 2.24) is 15.1 Å². The highest BCUT2D eigenvalue weighted by molar-refractivity contribution is 6.32. The molecule has 31 heavy (non-hydrogen) atoms. The van der Waals surface area contributed by atoms with Crippen LogP contribution in [0.15, 0.2) is 42.6 Å². The molecule has 1 amide bonds. The Hall–Kier alpha value is -2.05. The van der Waals surface area contributed by atoms with E-state index < -0.39 is 0 Å². The van der Waals surface area contributed by atoms with E-state index >= 15 is 0 Å². The molecular weight excluding hydrogens is 455 g/mol. The van der Waals surface area contributed by atoms with Crippen molar-refractivity contribution < 1.29 is 4.79 Å². The lowest BCUT2D eigenvalue weighted by Gasteiger charge is -2.25. The lowest BCUT2D eigenvalue weighted by atomic mass is 9.91. The molecule has 2 aromatic carbocycles. The molecule has 0 bridgehead atoms. The summed E-state index contributed by atoms with van der Waals surface area (Å²) in [6.07, 6.45) is 3.54. The number of hydrogen-bond donors (Lipinski definition) is 2.